The molecule has 0 spiro atoms. The largest absolute Gasteiger partial charge is 0.370 e. The van der Waals surface area contributed by atoms with Crippen LogP contribution in [0.3, 0.4) is 0 Å². The van der Waals surface area contributed by atoms with Crippen LogP contribution in [0.1, 0.15) is 5.82 Å². The first-order chi connectivity index (χ1) is 12.7. The van der Waals surface area contributed by atoms with Gasteiger partial charge in [0.15, 0.2) is 11.1 Å². The Bertz CT molecular complexity index is 898. The number of rotatable bonds is 4. The number of hydrogen-bond donors (Lipinski definition) is 1. The first-order valence-electron chi connectivity index (χ1n) is 8.83. The molecule has 0 bridgehead atoms. The second-order valence-corrected chi connectivity index (χ2v) is 7.20. The molecule has 0 aliphatic carbocycles. The van der Waals surface area contributed by atoms with Gasteiger partial charge in [0, 0.05) is 44.3 Å². The van der Waals surface area contributed by atoms with Gasteiger partial charge in [0.2, 0.25) is 0 Å². The summed E-state index contributed by atoms with van der Waals surface area (Å²) < 4.78 is 2.20. The molecule has 0 atom stereocenters. The predicted octanol–water partition coefficient (Wildman–Crippen LogP) is 2.56. The normalized spacial score (nSPS) is 15.2. The first-order valence-corrected chi connectivity index (χ1v) is 9.71. The van der Waals surface area contributed by atoms with E-state index in [2.05, 4.69) is 35.4 Å². The highest BCUT2D eigenvalue weighted by atomic mass is 127. The van der Waals surface area contributed by atoms with Gasteiger partial charge in [-0.2, -0.15) is 0 Å². The van der Waals surface area contributed by atoms with E-state index in [1.54, 1.807) is 11.3 Å². The summed E-state index contributed by atoms with van der Waals surface area (Å²) in [6, 6.07) is 8.19. The molecule has 0 radical (unpaired) electrons. The van der Waals surface area contributed by atoms with Crippen molar-refractivity contribution in [3.8, 4) is 0 Å². The van der Waals surface area contributed by atoms with Crippen LogP contribution in [0.2, 0.25) is 0 Å². The number of thiazole rings is 1. The average molecular weight is 497 g/mol. The van der Waals surface area contributed by atoms with Crippen molar-refractivity contribution in [2.45, 2.75) is 13.5 Å². The second-order valence-electron chi connectivity index (χ2n) is 6.33. The van der Waals surface area contributed by atoms with E-state index in [1.807, 2.05) is 36.7 Å². The molecular formula is C18H24IN7S. The number of aromatic nitrogens is 3. The maximum atomic E-state index is 6.22. The number of halogens is 1. The minimum Gasteiger partial charge on any atom is -0.370 e. The molecule has 0 amide bonds. The van der Waals surface area contributed by atoms with Gasteiger partial charge >= 0.3 is 0 Å². The van der Waals surface area contributed by atoms with Crippen molar-refractivity contribution in [3.63, 3.8) is 0 Å². The number of benzene rings is 1. The van der Waals surface area contributed by atoms with Crippen LogP contribution in [0, 0.1) is 6.92 Å². The van der Waals surface area contributed by atoms with Crippen LogP contribution < -0.4 is 10.6 Å². The lowest BCUT2D eigenvalue weighted by Crippen LogP contribution is -2.51. The van der Waals surface area contributed by atoms with Crippen molar-refractivity contribution in [2.75, 3.05) is 37.6 Å². The number of aliphatic imine (C=N–C) groups is 1. The molecule has 0 saturated carbocycles. The van der Waals surface area contributed by atoms with Gasteiger partial charge in [0.1, 0.15) is 5.82 Å². The number of nitrogens with two attached hydrogens (primary N) is 1. The lowest BCUT2D eigenvalue weighted by molar-refractivity contribution is 0.380. The fraction of sp³-hybridized carbons (Fsp3) is 0.389. The van der Waals surface area contributed by atoms with Crippen LogP contribution in [0.5, 0.6) is 0 Å². The number of nitrogens with zero attached hydrogens (tertiary/aromatic N) is 6. The molecular weight excluding hydrogens is 473 g/mol. The highest BCUT2D eigenvalue weighted by Gasteiger charge is 2.19. The van der Waals surface area contributed by atoms with Gasteiger partial charge in [-0.05, 0) is 19.1 Å². The van der Waals surface area contributed by atoms with Crippen molar-refractivity contribution in [3.05, 3.63) is 41.7 Å². The molecule has 2 N–H and O–H groups in total. The smallest absolute Gasteiger partial charge is 0.191 e. The number of aryl methyl sites for hydroxylation is 1. The number of fused-ring (bicyclic) bond motifs is 1. The van der Waals surface area contributed by atoms with Gasteiger partial charge in [-0.1, -0.05) is 12.1 Å². The van der Waals surface area contributed by atoms with Crippen molar-refractivity contribution in [1.29, 1.82) is 0 Å². The molecule has 9 heteroatoms. The minimum atomic E-state index is 0. The van der Waals surface area contributed by atoms with Crippen LogP contribution in [-0.4, -0.2) is 58.1 Å². The zero-order valence-corrected chi connectivity index (χ0v) is 18.4. The van der Waals surface area contributed by atoms with Gasteiger partial charge in [-0.15, -0.1) is 35.3 Å². The quantitative estimate of drug-likeness (QED) is 0.341. The van der Waals surface area contributed by atoms with Gasteiger partial charge < -0.3 is 20.1 Å². The number of anilines is 1. The summed E-state index contributed by atoms with van der Waals surface area (Å²) in [4.78, 5) is 18.0. The van der Waals surface area contributed by atoms with Crippen molar-refractivity contribution in [1.82, 2.24) is 19.4 Å². The van der Waals surface area contributed by atoms with E-state index in [0.717, 1.165) is 54.7 Å². The number of hydrogen-bond acceptors (Lipinski definition) is 5. The van der Waals surface area contributed by atoms with Crippen LogP contribution >= 0.6 is 35.3 Å². The van der Waals surface area contributed by atoms with Gasteiger partial charge in [0.25, 0.3) is 0 Å². The molecule has 1 fully saturated rings. The lowest BCUT2D eigenvalue weighted by Gasteiger charge is -2.35. The second kappa shape index (κ2) is 8.87. The Hall–Kier alpha value is -1.88. The van der Waals surface area contributed by atoms with Crippen molar-refractivity contribution < 1.29 is 0 Å². The summed E-state index contributed by atoms with van der Waals surface area (Å²) >= 11 is 1.68. The van der Waals surface area contributed by atoms with Crippen molar-refractivity contribution >= 4 is 57.4 Å². The average Bonchev–Trinajstić information content (AvgIpc) is 3.30. The maximum Gasteiger partial charge on any atom is 0.191 e. The summed E-state index contributed by atoms with van der Waals surface area (Å²) in [7, 11) is 0. The van der Waals surface area contributed by atoms with Crippen molar-refractivity contribution in [2.24, 2.45) is 10.7 Å². The first kappa shape index (κ1) is 19.9. The zero-order valence-electron chi connectivity index (χ0n) is 15.3. The highest BCUT2D eigenvalue weighted by Crippen LogP contribution is 2.19. The van der Waals surface area contributed by atoms with Gasteiger partial charge in [0.05, 0.1) is 17.6 Å². The van der Waals surface area contributed by atoms with Crippen LogP contribution in [0.15, 0.2) is 40.8 Å². The van der Waals surface area contributed by atoms with Crippen LogP contribution in [-0.2, 0) is 6.54 Å². The molecule has 3 heterocycles. The molecule has 0 unspecified atom stereocenters. The van der Waals surface area contributed by atoms with E-state index < -0.39 is 0 Å². The molecule has 1 aromatic carbocycles. The molecule has 1 aliphatic heterocycles. The monoisotopic (exact) mass is 497 g/mol. The Kier molecular flexibility index (Phi) is 6.53. The fourth-order valence-corrected chi connectivity index (χ4v) is 4.04. The van der Waals surface area contributed by atoms with E-state index in [1.165, 1.54) is 0 Å². The van der Waals surface area contributed by atoms with Crippen LogP contribution in [0.4, 0.5) is 5.13 Å². The Morgan fingerprint density at radius 2 is 2.00 bits per heavy atom. The molecule has 3 aromatic rings. The number of para-hydroxylation sites is 2. The Morgan fingerprint density at radius 1 is 1.22 bits per heavy atom. The minimum absolute atomic E-state index is 0. The fourth-order valence-electron chi connectivity index (χ4n) is 3.34. The Labute approximate surface area is 179 Å². The molecule has 4 rings (SSSR count). The molecule has 144 valence electrons. The molecule has 1 aliphatic rings. The molecule has 2 aromatic heterocycles. The third kappa shape index (κ3) is 4.34. The summed E-state index contributed by atoms with van der Waals surface area (Å²) in [5.74, 6) is 1.64. The molecule has 7 nitrogen and oxygen atoms in total. The number of imidazole rings is 1. The van der Waals surface area contributed by atoms with E-state index in [0.29, 0.717) is 12.5 Å². The molecule has 27 heavy (non-hydrogen) atoms. The van der Waals surface area contributed by atoms with Crippen LogP contribution in [0.25, 0.3) is 11.0 Å². The van der Waals surface area contributed by atoms with E-state index in [-0.39, 0.29) is 24.0 Å². The Balaban J connectivity index is 0.00000210. The van der Waals surface area contributed by atoms with E-state index in [9.17, 15) is 0 Å². The number of piperazine rings is 1. The Morgan fingerprint density at radius 3 is 2.74 bits per heavy atom. The lowest BCUT2D eigenvalue weighted by atomic mass is 10.3. The topological polar surface area (TPSA) is 75.6 Å². The summed E-state index contributed by atoms with van der Waals surface area (Å²) in [6.45, 7) is 7.07. The summed E-state index contributed by atoms with van der Waals surface area (Å²) in [6.07, 6.45) is 1.85. The number of guanidine groups is 1. The van der Waals surface area contributed by atoms with Gasteiger partial charge in [-0.3, -0.25) is 4.99 Å². The zero-order chi connectivity index (χ0) is 17.9. The third-order valence-electron chi connectivity index (χ3n) is 4.74. The summed E-state index contributed by atoms with van der Waals surface area (Å²) in [5.41, 5.74) is 8.40. The SMILES string of the molecule is Cc1nc2ccccc2n1CCN=C(N)N1CCN(c2nccs2)CC1.I. The highest BCUT2D eigenvalue weighted by molar-refractivity contribution is 14.0. The van der Waals surface area contributed by atoms with E-state index in [4.69, 9.17) is 5.73 Å². The van der Waals surface area contributed by atoms with E-state index >= 15 is 0 Å². The van der Waals surface area contributed by atoms with Gasteiger partial charge in [-0.25, -0.2) is 9.97 Å². The maximum absolute atomic E-state index is 6.22. The standard InChI is InChI=1S/C18H23N7S.HI/c1-14-22-15-4-2-3-5-16(15)25(14)8-6-20-17(19)23-9-11-24(12-10-23)18-21-7-13-26-18;/h2-5,7,13H,6,8-12H2,1H3,(H2,19,20);1H. The third-order valence-corrected chi connectivity index (χ3v) is 5.57. The predicted molar refractivity (Wildman–Crippen MR) is 122 cm³/mol. The molecule has 1 saturated heterocycles. The summed E-state index contributed by atoms with van der Waals surface area (Å²) in [5, 5.41) is 3.10.